The number of hydrogen-bond donors (Lipinski definition) is 2. The van der Waals surface area contributed by atoms with E-state index >= 15 is 0 Å². The Morgan fingerprint density at radius 1 is 1.17 bits per heavy atom. The fourth-order valence-electron chi connectivity index (χ4n) is 2.12. The number of hydrogen-bond acceptors (Lipinski definition) is 3. The summed E-state index contributed by atoms with van der Waals surface area (Å²) in [6.07, 6.45) is 1.94. The molecule has 0 bridgehead atoms. The second-order valence-electron chi connectivity index (χ2n) is 5.13. The lowest BCUT2D eigenvalue weighted by Crippen LogP contribution is -2.52. The van der Waals surface area contributed by atoms with Gasteiger partial charge in [-0.3, -0.25) is 11.3 Å². The van der Waals surface area contributed by atoms with Gasteiger partial charge in [0.15, 0.2) is 0 Å². The van der Waals surface area contributed by atoms with Crippen LogP contribution < -0.4 is 11.3 Å². The summed E-state index contributed by atoms with van der Waals surface area (Å²) in [5.74, 6) is 5.66. The average Bonchev–Trinajstić information content (AvgIpc) is 2.36. The summed E-state index contributed by atoms with van der Waals surface area (Å²) >= 11 is 0. The van der Waals surface area contributed by atoms with Crippen molar-refractivity contribution in [3.63, 3.8) is 0 Å². The average molecular weight is 250 g/mol. The van der Waals surface area contributed by atoms with Gasteiger partial charge in [-0.2, -0.15) is 0 Å². The number of hydrazine groups is 1. The monoisotopic (exact) mass is 250 g/mol. The fourth-order valence-corrected chi connectivity index (χ4v) is 2.12. The van der Waals surface area contributed by atoms with E-state index in [1.165, 1.54) is 11.1 Å². The quantitative estimate of drug-likeness (QED) is 0.577. The molecule has 1 aromatic rings. The summed E-state index contributed by atoms with van der Waals surface area (Å²) in [7, 11) is 0. The molecule has 0 saturated heterocycles. The number of ether oxygens (including phenoxy) is 1. The van der Waals surface area contributed by atoms with E-state index in [-0.39, 0.29) is 11.6 Å². The van der Waals surface area contributed by atoms with Gasteiger partial charge in [0.25, 0.3) is 0 Å². The first kappa shape index (κ1) is 15.2. The van der Waals surface area contributed by atoms with E-state index in [0.717, 1.165) is 12.8 Å². The maximum absolute atomic E-state index is 5.76. The molecular weight excluding hydrogens is 224 g/mol. The van der Waals surface area contributed by atoms with Gasteiger partial charge in [-0.1, -0.05) is 31.2 Å². The number of aryl methyl sites for hydroxylation is 1. The predicted molar refractivity (Wildman–Crippen MR) is 76.3 cm³/mol. The van der Waals surface area contributed by atoms with Gasteiger partial charge in [-0.15, -0.1) is 0 Å². The Labute approximate surface area is 111 Å². The molecule has 3 heteroatoms. The van der Waals surface area contributed by atoms with Gasteiger partial charge >= 0.3 is 0 Å². The molecule has 3 nitrogen and oxygen atoms in total. The number of rotatable bonds is 7. The highest BCUT2D eigenvalue weighted by atomic mass is 16.5. The van der Waals surface area contributed by atoms with E-state index in [2.05, 4.69) is 50.5 Å². The summed E-state index contributed by atoms with van der Waals surface area (Å²) in [5.41, 5.74) is 5.25. The molecule has 0 radical (unpaired) electrons. The van der Waals surface area contributed by atoms with Crippen LogP contribution in [0.4, 0.5) is 0 Å². The first-order valence-electron chi connectivity index (χ1n) is 6.71. The van der Waals surface area contributed by atoms with Crippen molar-refractivity contribution in [1.29, 1.82) is 0 Å². The van der Waals surface area contributed by atoms with E-state index in [1.807, 2.05) is 6.92 Å². The number of benzene rings is 1. The van der Waals surface area contributed by atoms with Crippen LogP contribution in [0.2, 0.25) is 0 Å². The first-order valence-corrected chi connectivity index (χ1v) is 6.71. The van der Waals surface area contributed by atoms with Gasteiger partial charge in [0.2, 0.25) is 0 Å². The third-order valence-corrected chi connectivity index (χ3v) is 3.43. The molecule has 1 unspecified atom stereocenters. The minimum absolute atomic E-state index is 0.102. The van der Waals surface area contributed by atoms with Crippen molar-refractivity contribution in [2.75, 3.05) is 6.61 Å². The Morgan fingerprint density at radius 2 is 1.72 bits per heavy atom. The van der Waals surface area contributed by atoms with Gasteiger partial charge < -0.3 is 4.74 Å². The van der Waals surface area contributed by atoms with Crippen molar-refractivity contribution in [1.82, 2.24) is 5.43 Å². The summed E-state index contributed by atoms with van der Waals surface area (Å²) in [5, 5.41) is 0. The number of nitrogens with two attached hydrogens (primary N) is 1. The van der Waals surface area contributed by atoms with Gasteiger partial charge in [0.05, 0.1) is 11.6 Å². The maximum Gasteiger partial charge on any atom is 0.0795 e. The van der Waals surface area contributed by atoms with Crippen molar-refractivity contribution in [3.8, 4) is 0 Å². The van der Waals surface area contributed by atoms with Crippen LogP contribution in [0.5, 0.6) is 0 Å². The summed E-state index contributed by atoms with van der Waals surface area (Å²) < 4.78 is 5.76. The Hall–Kier alpha value is -0.900. The van der Waals surface area contributed by atoms with E-state index < -0.39 is 0 Å². The van der Waals surface area contributed by atoms with Crippen LogP contribution in [0.25, 0.3) is 0 Å². The predicted octanol–water partition coefficient (Wildman–Crippen LogP) is 2.44. The van der Waals surface area contributed by atoms with E-state index in [4.69, 9.17) is 10.6 Å². The highest BCUT2D eigenvalue weighted by Crippen LogP contribution is 2.19. The molecule has 1 rings (SSSR count). The first-order chi connectivity index (χ1) is 8.53. The van der Waals surface area contributed by atoms with Crippen molar-refractivity contribution < 1.29 is 4.74 Å². The molecule has 3 N–H and O–H groups in total. The summed E-state index contributed by atoms with van der Waals surface area (Å²) in [6.45, 7) is 9.01. The molecule has 0 aliphatic carbocycles. The van der Waals surface area contributed by atoms with Crippen LogP contribution in [-0.2, 0) is 17.6 Å². The smallest absolute Gasteiger partial charge is 0.0795 e. The normalized spacial score (nSPS) is 13.6. The summed E-state index contributed by atoms with van der Waals surface area (Å²) in [4.78, 5) is 0. The van der Waals surface area contributed by atoms with Gasteiger partial charge in [0.1, 0.15) is 0 Å². The molecule has 0 aromatic heterocycles. The maximum atomic E-state index is 5.76. The highest BCUT2D eigenvalue weighted by Gasteiger charge is 2.29. The molecule has 1 aromatic carbocycles. The Balaban J connectivity index is 2.72. The zero-order valence-electron chi connectivity index (χ0n) is 12.0. The van der Waals surface area contributed by atoms with Gasteiger partial charge in [0, 0.05) is 6.61 Å². The zero-order chi connectivity index (χ0) is 13.6. The Bertz CT molecular complexity index is 346. The standard InChI is InChI=1S/C15H26N2O/c1-5-12-7-9-13(10-8-12)11-14(17-16)15(3,4)18-6-2/h7-10,14,17H,5-6,11,16H2,1-4H3. The van der Waals surface area contributed by atoms with Crippen LogP contribution in [0.3, 0.4) is 0 Å². The van der Waals surface area contributed by atoms with Crippen LogP contribution in [0, 0.1) is 0 Å². The minimum atomic E-state index is -0.271. The fraction of sp³-hybridized carbons (Fsp3) is 0.600. The SMILES string of the molecule is CCOC(C)(C)C(Cc1ccc(CC)cc1)NN. The zero-order valence-corrected chi connectivity index (χ0v) is 12.0. The molecule has 18 heavy (non-hydrogen) atoms. The molecular formula is C15H26N2O. The molecule has 0 spiro atoms. The van der Waals surface area contributed by atoms with Crippen LogP contribution in [-0.4, -0.2) is 18.2 Å². The molecule has 1 atom stereocenters. The van der Waals surface area contributed by atoms with Gasteiger partial charge in [-0.25, -0.2) is 0 Å². The van der Waals surface area contributed by atoms with Crippen LogP contribution in [0.1, 0.15) is 38.8 Å². The largest absolute Gasteiger partial charge is 0.374 e. The van der Waals surface area contributed by atoms with Crippen molar-refractivity contribution in [2.45, 2.75) is 52.2 Å². The van der Waals surface area contributed by atoms with Gasteiger partial charge in [-0.05, 0) is 44.7 Å². The number of nitrogens with one attached hydrogen (secondary N) is 1. The molecule has 0 aliphatic rings. The second kappa shape index (κ2) is 6.88. The molecule has 102 valence electrons. The minimum Gasteiger partial charge on any atom is -0.374 e. The lowest BCUT2D eigenvalue weighted by Gasteiger charge is -2.33. The molecule has 0 heterocycles. The summed E-state index contributed by atoms with van der Waals surface area (Å²) in [6, 6.07) is 8.80. The third-order valence-electron chi connectivity index (χ3n) is 3.43. The molecule has 0 saturated carbocycles. The molecule has 0 aliphatic heterocycles. The second-order valence-corrected chi connectivity index (χ2v) is 5.13. The Morgan fingerprint density at radius 3 is 2.17 bits per heavy atom. The van der Waals surface area contributed by atoms with Crippen molar-refractivity contribution in [3.05, 3.63) is 35.4 Å². The van der Waals surface area contributed by atoms with Crippen LogP contribution in [0.15, 0.2) is 24.3 Å². The third kappa shape index (κ3) is 4.09. The molecule has 0 fully saturated rings. The van der Waals surface area contributed by atoms with Crippen molar-refractivity contribution in [2.24, 2.45) is 5.84 Å². The molecule has 0 amide bonds. The highest BCUT2D eigenvalue weighted by molar-refractivity contribution is 5.23. The van der Waals surface area contributed by atoms with E-state index in [0.29, 0.717) is 6.61 Å². The Kier molecular flexibility index (Phi) is 5.79. The van der Waals surface area contributed by atoms with E-state index in [1.54, 1.807) is 0 Å². The lowest BCUT2D eigenvalue weighted by molar-refractivity contribution is -0.0380. The van der Waals surface area contributed by atoms with Crippen LogP contribution >= 0.6 is 0 Å². The topological polar surface area (TPSA) is 47.3 Å². The lowest BCUT2D eigenvalue weighted by atomic mass is 9.92. The van der Waals surface area contributed by atoms with Crippen molar-refractivity contribution >= 4 is 0 Å². The van der Waals surface area contributed by atoms with E-state index in [9.17, 15) is 0 Å².